The van der Waals surface area contributed by atoms with Crippen molar-refractivity contribution >= 4 is 17.5 Å². The Labute approximate surface area is 148 Å². The number of amides is 2. The zero-order valence-electron chi connectivity index (χ0n) is 14.1. The lowest BCUT2D eigenvalue weighted by Gasteiger charge is -2.30. The molecule has 1 aromatic carbocycles. The maximum absolute atomic E-state index is 12.3. The summed E-state index contributed by atoms with van der Waals surface area (Å²) in [4.78, 5) is 25.3. The second-order valence-corrected chi connectivity index (χ2v) is 6.00. The van der Waals surface area contributed by atoms with Gasteiger partial charge in [0.25, 0.3) is 0 Å². The Balaban J connectivity index is 1.98. The first kappa shape index (κ1) is 19.6. The van der Waals surface area contributed by atoms with Gasteiger partial charge in [-0.1, -0.05) is 0 Å². The zero-order chi connectivity index (χ0) is 19.3. The molecule has 0 aromatic heterocycles. The number of hydrogen-bond acceptors (Lipinski definition) is 4. The van der Waals surface area contributed by atoms with E-state index in [0.29, 0.717) is 31.6 Å². The lowest BCUT2D eigenvalue weighted by Crippen LogP contribution is -2.40. The molecule has 6 nitrogen and oxygen atoms in total. The zero-order valence-corrected chi connectivity index (χ0v) is 14.1. The Hall–Kier alpha value is -2.76. The number of carbonyl (C=O) groups excluding carboxylic acids is 2. The molecule has 0 unspecified atom stereocenters. The Morgan fingerprint density at radius 2 is 2.00 bits per heavy atom. The van der Waals surface area contributed by atoms with E-state index in [1.54, 1.807) is 11.0 Å². The minimum atomic E-state index is -4.51. The molecular formula is C17H18F3N3O3. The van der Waals surface area contributed by atoms with Gasteiger partial charge in [-0.3, -0.25) is 9.59 Å². The average molecular weight is 369 g/mol. The van der Waals surface area contributed by atoms with Crippen molar-refractivity contribution in [1.29, 1.82) is 5.26 Å². The highest BCUT2D eigenvalue weighted by molar-refractivity contribution is 5.93. The highest BCUT2D eigenvalue weighted by atomic mass is 19.4. The van der Waals surface area contributed by atoms with Gasteiger partial charge in [0.05, 0.1) is 5.56 Å². The van der Waals surface area contributed by atoms with E-state index < -0.39 is 12.8 Å². The van der Waals surface area contributed by atoms with Gasteiger partial charge in [0.2, 0.25) is 11.8 Å². The SMILES string of the molecule is CC(=O)N1CCC(C(=O)Nc2ccc(OCC(F)(F)F)c(C#N)c2)CC1. The second-order valence-electron chi connectivity index (χ2n) is 6.00. The first-order valence-corrected chi connectivity index (χ1v) is 7.99. The summed E-state index contributed by atoms with van der Waals surface area (Å²) in [5, 5.41) is 11.7. The van der Waals surface area contributed by atoms with Crippen LogP contribution in [0.4, 0.5) is 18.9 Å². The van der Waals surface area contributed by atoms with Crippen LogP contribution in [-0.2, 0) is 9.59 Å². The maximum atomic E-state index is 12.3. The monoisotopic (exact) mass is 369 g/mol. The van der Waals surface area contributed by atoms with Crippen molar-refractivity contribution < 1.29 is 27.5 Å². The fourth-order valence-electron chi connectivity index (χ4n) is 2.68. The molecule has 0 saturated carbocycles. The number of alkyl halides is 3. The van der Waals surface area contributed by atoms with Gasteiger partial charge < -0.3 is 15.0 Å². The number of anilines is 1. The van der Waals surface area contributed by atoms with Crippen LogP contribution in [0.1, 0.15) is 25.3 Å². The molecule has 140 valence electrons. The van der Waals surface area contributed by atoms with Crippen molar-refractivity contribution in [2.75, 3.05) is 25.0 Å². The van der Waals surface area contributed by atoms with Crippen LogP contribution in [0.5, 0.6) is 5.75 Å². The van der Waals surface area contributed by atoms with Crippen LogP contribution < -0.4 is 10.1 Å². The molecule has 26 heavy (non-hydrogen) atoms. The highest BCUT2D eigenvalue weighted by Gasteiger charge is 2.29. The van der Waals surface area contributed by atoms with E-state index >= 15 is 0 Å². The number of nitriles is 1. The van der Waals surface area contributed by atoms with Crippen LogP contribution in [0, 0.1) is 17.2 Å². The van der Waals surface area contributed by atoms with Gasteiger partial charge in [-0.15, -0.1) is 0 Å². The van der Waals surface area contributed by atoms with Crippen molar-refractivity contribution in [1.82, 2.24) is 4.90 Å². The van der Waals surface area contributed by atoms with Crippen LogP contribution in [-0.4, -0.2) is 42.6 Å². The Morgan fingerprint density at radius 3 is 2.54 bits per heavy atom. The molecule has 1 aliphatic rings. The van der Waals surface area contributed by atoms with Crippen molar-refractivity contribution in [3.05, 3.63) is 23.8 Å². The van der Waals surface area contributed by atoms with Gasteiger partial charge in [0, 0.05) is 31.6 Å². The number of piperidine rings is 1. The van der Waals surface area contributed by atoms with E-state index in [1.807, 2.05) is 0 Å². The van der Waals surface area contributed by atoms with E-state index in [2.05, 4.69) is 10.1 Å². The molecule has 9 heteroatoms. The molecule has 0 bridgehead atoms. The predicted molar refractivity (Wildman–Crippen MR) is 86.3 cm³/mol. The van der Waals surface area contributed by atoms with E-state index in [1.165, 1.54) is 25.1 Å². The number of benzene rings is 1. The van der Waals surface area contributed by atoms with Gasteiger partial charge in [-0.05, 0) is 31.0 Å². The summed E-state index contributed by atoms with van der Waals surface area (Å²) in [5.41, 5.74) is 0.207. The molecule has 0 radical (unpaired) electrons. The summed E-state index contributed by atoms with van der Waals surface area (Å²) in [6.07, 6.45) is -3.44. The fraction of sp³-hybridized carbons (Fsp3) is 0.471. The van der Waals surface area contributed by atoms with Crippen LogP contribution in [0.15, 0.2) is 18.2 Å². The molecule has 1 fully saturated rings. The Morgan fingerprint density at radius 1 is 1.35 bits per heavy atom. The molecule has 1 aliphatic heterocycles. The minimum absolute atomic E-state index is 0.0306. The number of ether oxygens (including phenoxy) is 1. The van der Waals surface area contributed by atoms with Gasteiger partial charge in [-0.25, -0.2) is 0 Å². The second kappa shape index (κ2) is 8.08. The molecular weight excluding hydrogens is 351 g/mol. The third kappa shape index (κ3) is 5.37. The number of carbonyl (C=O) groups is 2. The summed E-state index contributed by atoms with van der Waals surface area (Å²) in [5.74, 6) is -0.743. The lowest BCUT2D eigenvalue weighted by molar-refractivity contribution is -0.153. The lowest BCUT2D eigenvalue weighted by atomic mass is 9.95. The Bertz CT molecular complexity index is 720. The predicted octanol–water partition coefficient (Wildman–Crippen LogP) is 2.70. The first-order valence-electron chi connectivity index (χ1n) is 7.99. The van der Waals surface area contributed by atoms with Gasteiger partial charge in [0.1, 0.15) is 11.8 Å². The average Bonchev–Trinajstić information content (AvgIpc) is 2.59. The molecule has 2 rings (SSSR count). The molecule has 1 saturated heterocycles. The molecule has 0 spiro atoms. The highest BCUT2D eigenvalue weighted by Crippen LogP contribution is 2.26. The number of rotatable bonds is 4. The van der Waals surface area contributed by atoms with Crippen molar-refractivity contribution in [3.8, 4) is 11.8 Å². The number of nitrogens with one attached hydrogen (secondary N) is 1. The standard InChI is InChI=1S/C17H18F3N3O3/c1-11(24)23-6-4-12(5-7-23)16(25)22-14-2-3-15(13(8-14)9-21)26-10-17(18,19)20/h2-3,8,12H,4-7,10H2,1H3,(H,22,25). The summed E-state index contributed by atoms with van der Waals surface area (Å²) in [6.45, 7) is 0.983. The summed E-state index contributed by atoms with van der Waals surface area (Å²) >= 11 is 0. The molecule has 0 atom stereocenters. The largest absolute Gasteiger partial charge is 0.483 e. The number of halogens is 3. The topological polar surface area (TPSA) is 82.4 Å². The minimum Gasteiger partial charge on any atom is -0.483 e. The van der Waals surface area contributed by atoms with E-state index in [9.17, 15) is 22.8 Å². The van der Waals surface area contributed by atoms with E-state index in [0.717, 1.165) is 0 Å². The van der Waals surface area contributed by atoms with E-state index in [-0.39, 0.29) is 29.0 Å². The number of hydrogen-bond donors (Lipinski definition) is 1. The van der Waals surface area contributed by atoms with Crippen molar-refractivity contribution in [2.24, 2.45) is 5.92 Å². The summed E-state index contributed by atoms with van der Waals surface area (Å²) < 4.78 is 41.3. The third-order valence-corrected chi connectivity index (χ3v) is 4.07. The van der Waals surface area contributed by atoms with E-state index in [4.69, 9.17) is 5.26 Å². The van der Waals surface area contributed by atoms with Gasteiger partial charge >= 0.3 is 6.18 Å². The smallest absolute Gasteiger partial charge is 0.422 e. The Kier molecular flexibility index (Phi) is 6.08. The number of likely N-dealkylation sites (tertiary alicyclic amines) is 1. The molecule has 0 aliphatic carbocycles. The fourth-order valence-corrected chi connectivity index (χ4v) is 2.68. The van der Waals surface area contributed by atoms with Crippen molar-refractivity contribution in [2.45, 2.75) is 25.9 Å². The molecule has 1 heterocycles. The van der Waals surface area contributed by atoms with Crippen LogP contribution in [0.25, 0.3) is 0 Å². The van der Waals surface area contributed by atoms with Gasteiger partial charge in [-0.2, -0.15) is 18.4 Å². The normalized spacial score (nSPS) is 15.3. The van der Waals surface area contributed by atoms with Crippen LogP contribution in [0.3, 0.4) is 0 Å². The van der Waals surface area contributed by atoms with Crippen LogP contribution >= 0.6 is 0 Å². The number of nitrogens with zero attached hydrogens (tertiary/aromatic N) is 2. The van der Waals surface area contributed by atoms with Crippen LogP contribution in [0.2, 0.25) is 0 Å². The van der Waals surface area contributed by atoms with Crippen molar-refractivity contribution in [3.63, 3.8) is 0 Å². The summed E-state index contributed by atoms with van der Waals surface area (Å²) in [6, 6.07) is 5.63. The molecule has 1 aromatic rings. The quantitative estimate of drug-likeness (QED) is 0.885. The molecule has 2 amide bonds. The maximum Gasteiger partial charge on any atom is 0.422 e. The van der Waals surface area contributed by atoms with Gasteiger partial charge in [0.15, 0.2) is 6.61 Å². The molecule has 1 N–H and O–H groups in total. The third-order valence-electron chi connectivity index (χ3n) is 4.07. The summed E-state index contributed by atoms with van der Waals surface area (Å²) in [7, 11) is 0. The first-order chi connectivity index (χ1) is 12.2.